The van der Waals surface area contributed by atoms with Gasteiger partial charge < -0.3 is 14.2 Å². The van der Waals surface area contributed by atoms with Gasteiger partial charge in [-0.15, -0.1) is 0 Å². The molecule has 0 bridgehead atoms. The largest absolute Gasteiger partial charge is 0.369 e. The summed E-state index contributed by atoms with van der Waals surface area (Å²) in [5.74, 6) is 0.896. The second-order valence-corrected chi connectivity index (χ2v) is 12.4. The van der Waals surface area contributed by atoms with E-state index in [9.17, 15) is 0 Å². The van der Waals surface area contributed by atoms with Gasteiger partial charge in [0.2, 0.25) is 0 Å². The summed E-state index contributed by atoms with van der Waals surface area (Å²) in [6.07, 6.45) is 9.19. The molecule has 1 aliphatic carbocycles. The standard InChI is InChI=1S/C36H46BrNO3/c37-24-33-35(40-27-31-18-9-3-10-19-31)36(41-28-32-20-11-4-12-21-32)34(39-26-30-16-7-2-8-17-30)25-38(33)23-13-22-29-14-5-1-6-15-29/h2-4,7-12,16-21,29,33-36H,1,5-6,13-15,22-28H2/t33-,34+,35-,36-/m1/s1. The molecule has 1 saturated heterocycles. The van der Waals surface area contributed by atoms with Gasteiger partial charge in [0.1, 0.15) is 12.2 Å². The summed E-state index contributed by atoms with van der Waals surface area (Å²) in [7, 11) is 0. The van der Waals surface area contributed by atoms with E-state index in [0.29, 0.717) is 19.8 Å². The Morgan fingerprint density at radius 2 is 1.15 bits per heavy atom. The SMILES string of the molecule is BrC[C@@H]1[C@@H](OCc2ccccc2)[C@H](OCc2ccccc2)[C@@H](OCc2ccccc2)CN1CCCC1CCCCC1. The number of likely N-dealkylation sites (tertiary alicyclic amines) is 1. The quantitative estimate of drug-likeness (QED) is 0.170. The van der Waals surface area contributed by atoms with Crippen LogP contribution in [0.4, 0.5) is 0 Å². The zero-order valence-electron chi connectivity index (χ0n) is 24.3. The Balaban J connectivity index is 1.34. The lowest BCUT2D eigenvalue weighted by Crippen LogP contribution is -2.64. The first-order valence-electron chi connectivity index (χ1n) is 15.6. The van der Waals surface area contributed by atoms with Crippen LogP contribution in [0.15, 0.2) is 91.0 Å². The first-order chi connectivity index (χ1) is 20.3. The van der Waals surface area contributed by atoms with Crippen LogP contribution in [0.1, 0.15) is 61.6 Å². The van der Waals surface area contributed by atoms with Gasteiger partial charge >= 0.3 is 0 Å². The van der Waals surface area contributed by atoms with Crippen LogP contribution in [-0.2, 0) is 34.0 Å². The smallest absolute Gasteiger partial charge is 0.113 e. The van der Waals surface area contributed by atoms with Gasteiger partial charge in [0.05, 0.1) is 25.9 Å². The van der Waals surface area contributed by atoms with Crippen LogP contribution in [0.25, 0.3) is 0 Å². The first-order valence-corrected chi connectivity index (χ1v) is 16.7. The molecule has 41 heavy (non-hydrogen) atoms. The van der Waals surface area contributed by atoms with Crippen molar-refractivity contribution < 1.29 is 14.2 Å². The number of benzene rings is 3. The predicted octanol–water partition coefficient (Wildman–Crippen LogP) is 8.18. The van der Waals surface area contributed by atoms with E-state index in [1.54, 1.807) is 0 Å². The molecule has 1 aliphatic heterocycles. The summed E-state index contributed by atoms with van der Waals surface area (Å²) in [6.45, 7) is 3.57. The van der Waals surface area contributed by atoms with Crippen LogP contribution in [0.5, 0.6) is 0 Å². The number of halogens is 1. The number of piperidine rings is 1. The van der Waals surface area contributed by atoms with Gasteiger partial charge in [0, 0.05) is 17.9 Å². The predicted molar refractivity (Wildman–Crippen MR) is 170 cm³/mol. The van der Waals surface area contributed by atoms with E-state index in [0.717, 1.165) is 24.3 Å². The Morgan fingerprint density at radius 1 is 0.634 bits per heavy atom. The lowest BCUT2D eigenvalue weighted by Gasteiger charge is -2.48. The van der Waals surface area contributed by atoms with E-state index < -0.39 is 0 Å². The van der Waals surface area contributed by atoms with Gasteiger partial charge in [-0.2, -0.15) is 0 Å². The maximum Gasteiger partial charge on any atom is 0.113 e. The van der Waals surface area contributed by atoms with Crippen LogP contribution in [-0.4, -0.2) is 47.7 Å². The third-order valence-corrected chi connectivity index (χ3v) is 9.43. The molecule has 0 amide bonds. The topological polar surface area (TPSA) is 30.9 Å². The summed E-state index contributed by atoms with van der Waals surface area (Å²) in [4.78, 5) is 2.62. The Bertz CT molecular complexity index is 1110. The molecule has 5 rings (SSSR count). The summed E-state index contributed by atoms with van der Waals surface area (Å²) in [5, 5.41) is 0.840. The van der Waals surface area contributed by atoms with E-state index in [2.05, 4.69) is 106 Å². The molecule has 0 spiro atoms. The second-order valence-electron chi connectivity index (χ2n) is 11.7. The number of ether oxygens (including phenoxy) is 3. The fourth-order valence-corrected chi connectivity index (χ4v) is 7.25. The van der Waals surface area contributed by atoms with E-state index in [1.165, 1.54) is 61.6 Å². The lowest BCUT2D eigenvalue weighted by atomic mass is 9.86. The van der Waals surface area contributed by atoms with Gasteiger partial charge in [0.25, 0.3) is 0 Å². The Labute approximate surface area is 255 Å². The molecular formula is C36H46BrNO3. The highest BCUT2D eigenvalue weighted by Gasteiger charge is 2.45. The number of hydrogen-bond donors (Lipinski definition) is 0. The fourth-order valence-electron chi connectivity index (χ4n) is 6.48. The maximum absolute atomic E-state index is 6.81. The van der Waals surface area contributed by atoms with Gasteiger partial charge in [-0.05, 0) is 42.0 Å². The highest BCUT2D eigenvalue weighted by atomic mass is 79.9. The number of alkyl halides is 1. The summed E-state index contributed by atoms with van der Waals surface area (Å²) in [6, 6.07) is 31.6. The van der Waals surface area contributed by atoms with Gasteiger partial charge in [-0.1, -0.05) is 139 Å². The van der Waals surface area contributed by atoms with Crippen molar-refractivity contribution in [3.63, 3.8) is 0 Å². The van der Waals surface area contributed by atoms with Crippen molar-refractivity contribution in [2.75, 3.05) is 18.4 Å². The van der Waals surface area contributed by atoms with Crippen molar-refractivity contribution in [1.82, 2.24) is 4.90 Å². The van der Waals surface area contributed by atoms with E-state index in [1.807, 2.05) is 6.07 Å². The van der Waals surface area contributed by atoms with Gasteiger partial charge in [-0.25, -0.2) is 0 Å². The van der Waals surface area contributed by atoms with Crippen molar-refractivity contribution in [2.45, 2.75) is 89.1 Å². The number of rotatable bonds is 14. The molecule has 0 radical (unpaired) electrons. The Kier molecular flexibility index (Phi) is 12.3. The van der Waals surface area contributed by atoms with Crippen molar-refractivity contribution in [3.8, 4) is 0 Å². The monoisotopic (exact) mass is 619 g/mol. The molecule has 5 heteroatoms. The minimum atomic E-state index is -0.181. The molecule has 4 nitrogen and oxygen atoms in total. The van der Waals surface area contributed by atoms with Crippen molar-refractivity contribution in [2.24, 2.45) is 5.92 Å². The van der Waals surface area contributed by atoms with Crippen molar-refractivity contribution >= 4 is 15.9 Å². The molecule has 1 heterocycles. The molecule has 0 N–H and O–H groups in total. The van der Waals surface area contributed by atoms with Crippen LogP contribution in [0, 0.1) is 5.92 Å². The molecule has 2 fully saturated rings. The van der Waals surface area contributed by atoms with Crippen LogP contribution in [0.2, 0.25) is 0 Å². The molecule has 2 aliphatic rings. The zero-order chi connectivity index (χ0) is 28.1. The van der Waals surface area contributed by atoms with Gasteiger partial charge in [-0.3, -0.25) is 4.90 Å². The van der Waals surface area contributed by atoms with E-state index >= 15 is 0 Å². The zero-order valence-corrected chi connectivity index (χ0v) is 25.9. The third kappa shape index (κ3) is 9.23. The minimum absolute atomic E-state index is 0.0929. The summed E-state index contributed by atoms with van der Waals surface area (Å²) >= 11 is 3.89. The molecule has 0 aromatic heterocycles. The molecule has 1 saturated carbocycles. The maximum atomic E-state index is 6.81. The van der Waals surface area contributed by atoms with Crippen LogP contribution < -0.4 is 0 Å². The van der Waals surface area contributed by atoms with E-state index in [4.69, 9.17) is 14.2 Å². The summed E-state index contributed by atoms with van der Waals surface area (Å²) < 4.78 is 20.3. The molecule has 3 aromatic rings. The third-order valence-electron chi connectivity index (χ3n) is 8.77. The van der Waals surface area contributed by atoms with Gasteiger partial charge in [0.15, 0.2) is 0 Å². The Hall–Kier alpha value is -2.02. The molecule has 3 aromatic carbocycles. The van der Waals surface area contributed by atoms with Crippen molar-refractivity contribution in [3.05, 3.63) is 108 Å². The lowest BCUT2D eigenvalue weighted by molar-refractivity contribution is -0.199. The fraction of sp³-hybridized carbons (Fsp3) is 0.500. The number of nitrogens with zero attached hydrogens (tertiary/aromatic N) is 1. The number of hydrogen-bond acceptors (Lipinski definition) is 4. The highest BCUT2D eigenvalue weighted by Crippen LogP contribution is 2.31. The molecular weight excluding hydrogens is 574 g/mol. The van der Waals surface area contributed by atoms with Crippen LogP contribution >= 0.6 is 15.9 Å². The minimum Gasteiger partial charge on any atom is -0.369 e. The molecule has 220 valence electrons. The second kappa shape index (κ2) is 16.6. The Morgan fingerprint density at radius 3 is 1.68 bits per heavy atom. The average Bonchev–Trinajstić information content (AvgIpc) is 3.04. The normalized spacial score (nSPS) is 23.9. The average molecular weight is 621 g/mol. The molecule has 4 atom stereocenters. The van der Waals surface area contributed by atoms with E-state index in [-0.39, 0.29) is 24.4 Å². The highest BCUT2D eigenvalue weighted by molar-refractivity contribution is 9.09. The van der Waals surface area contributed by atoms with Crippen LogP contribution in [0.3, 0.4) is 0 Å². The van der Waals surface area contributed by atoms with Crippen molar-refractivity contribution in [1.29, 1.82) is 0 Å². The first kappa shape index (κ1) is 30.4. The molecule has 0 unspecified atom stereocenters. The summed E-state index contributed by atoms with van der Waals surface area (Å²) in [5.41, 5.74) is 3.53.